The molecule has 0 spiro atoms. The third-order valence-electron chi connectivity index (χ3n) is 5.72. The summed E-state index contributed by atoms with van der Waals surface area (Å²) in [5.41, 5.74) is 2.19. The summed E-state index contributed by atoms with van der Waals surface area (Å²) in [6, 6.07) is 26.2. The van der Waals surface area contributed by atoms with Crippen LogP contribution in [0.3, 0.4) is 0 Å². The highest BCUT2D eigenvalue weighted by molar-refractivity contribution is 5.92. The Kier molecular flexibility index (Phi) is 6.79. The van der Waals surface area contributed by atoms with Gasteiger partial charge in [0.1, 0.15) is 5.82 Å². The molecule has 1 heterocycles. The summed E-state index contributed by atoms with van der Waals surface area (Å²) >= 11 is 0. The molecule has 1 unspecified atom stereocenters. The van der Waals surface area contributed by atoms with E-state index in [2.05, 4.69) is 0 Å². The first kappa shape index (κ1) is 22.2. The number of hydrogen-bond acceptors (Lipinski definition) is 3. The molecule has 0 bridgehead atoms. The first-order valence-electron chi connectivity index (χ1n) is 11.2. The van der Waals surface area contributed by atoms with Gasteiger partial charge in [0.2, 0.25) is 5.91 Å². The summed E-state index contributed by atoms with van der Waals surface area (Å²) in [5.74, 6) is 0.450. The van der Waals surface area contributed by atoms with Crippen molar-refractivity contribution in [3.05, 3.63) is 113 Å². The number of rotatable bonds is 7. The van der Waals surface area contributed by atoms with Gasteiger partial charge in [-0.05, 0) is 49.2 Å². The van der Waals surface area contributed by atoms with Gasteiger partial charge < -0.3 is 4.90 Å². The molecular formula is C28H27N3O2. The summed E-state index contributed by atoms with van der Waals surface area (Å²) in [6.07, 6.45) is 4.03. The Morgan fingerprint density at radius 3 is 2.24 bits per heavy atom. The molecule has 5 nitrogen and oxygen atoms in total. The van der Waals surface area contributed by atoms with E-state index in [1.807, 2.05) is 98.8 Å². The Labute approximate surface area is 193 Å². The zero-order chi connectivity index (χ0) is 23.2. The number of hydrogen-bond donors (Lipinski definition) is 0. The Hall–Kier alpha value is -3.99. The number of likely N-dealkylation sites (N-methyl/N-ethyl adjacent to an activating group) is 1. The number of aromatic nitrogens is 2. The minimum absolute atomic E-state index is 0.116. The molecule has 4 rings (SSSR count). The highest BCUT2D eigenvalue weighted by atomic mass is 16.2. The molecule has 166 valence electrons. The van der Waals surface area contributed by atoms with Crippen LogP contribution in [0.4, 0.5) is 0 Å². The van der Waals surface area contributed by atoms with Crippen molar-refractivity contribution >= 4 is 22.9 Å². The number of fused-ring (bicyclic) bond motifs is 1. The van der Waals surface area contributed by atoms with E-state index in [0.717, 1.165) is 11.3 Å². The van der Waals surface area contributed by atoms with Crippen molar-refractivity contribution in [2.45, 2.75) is 26.3 Å². The van der Waals surface area contributed by atoms with Gasteiger partial charge in [-0.25, -0.2) is 4.98 Å². The Balaban J connectivity index is 1.83. The molecule has 0 radical (unpaired) electrons. The first-order chi connectivity index (χ1) is 16.1. The second-order valence-corrected chi connectivity index (χ2v) is 7.76. The van der Waals surface area contributed by atoms with E-state index in [9.17, 15) is 9.59 Å². The molecule has 0 aliphatic heterocycles. The van der Waals surface area contributed by atoms with Crippen LogP contribution in [-0.2, 0) is 4.79 Å². The van der Waals surface area contributed by atoms with Crippen molar-refractivity contribution in [1.82, 2.24) is 14.5 Å². The van der Waals surface area contributed by atoms with Crippen LogP contribution >= 0.6 is 0 Å². The molecule has 0 aliphatic rings. The van der Waals surface area contributed by atoms with Gasteiger partial charge >= 0.3 is 0 Å². The smallest absolute Gasteiger partial charge is 0.266 e. The molecule has 1 atom stereocenters. The number of carbonyl (C=O) groups is 1. The molecule has 1 aromatic heterocycles. The Morgan fingerprint density at radius 1 is 0.939 bits per heavy atom. The highest BCUT2D eigenvalue weighted by Crippen LogP contribution is 2.26. The molecular weight excluding hydrogens is 410 g/mol. The summed E-state index contributed by atoms with van der Waals surface area (Å²) < 4.78 is 1.65. The lowest BCUT2D eigenvalue weighted by Crippen LogP contribution is -2.37. The zero-order valence-electron chi connectivity index (χ0n) is 18.9. The third-order valence-corrected chi connectivity index (χ3v) is 5.72. The lowest BCUT2D eigenvalue weighted by atomic mass is 10.1. The van der Waals surface area contributed by atoms with Crippen LogP contribution in [-0.4, -0.2) is 26.9 Å². The van der Waals surface area contributed by atoms with Crippen LogP contribution < -0.4 is 5.56 Å². The van der Waals surface area contributed by atoms with Crippen molar-refractivity contribution in [2.75, 3.05) is 6.54 Å². The average Bonchev–Trinajstić information content (AvgIpc) is 2.87. The molecule has 0 fully saturated rings. The van der Waals surface area contributed by atoms with Crippen molar-refractivity contribution in [3.8, 4) is 5.69 Å². The fourth-order valence-corrected chi connectivity index (χ4v) is 4.10. The Bertz CT molecular complexity index is 1330. The predicted octanol–water partition coefficient (Wildman–Crippen LogP) is 5.40. The second-order valence-electron chi connectivity index (χ2n) is 7.76. The fraction of sp³-hybridized carbons (Fsp3) is 0.179. The van der Waals surface area contributed by atoms with E-state index < -0.39 is 0 Å². The van der Waals surface area contributed by atoms with Gasteiger partial charge in [-0.2, -0.15) is 0 Å². The van der Waals surface area contributed by atoms with Crippen molar-refractivity contribution in [1.29, 1.82) is 0 Å². The maximum Gasteiger partial charge on any atom is 0.266 e. The summed E-state index contributed by atoms with van der Waals surface area (Å²) in [4.78, 5) is 33.5. The van der Waals surface area contributed by atoms with Crippen LogP contribution in [0.25, 0.3) is 22.7 Å². The van der Waals surface area contributed by atoms with E-state index in [0.29, 0.717) is 29.7 Å². The normalized spacial score (nSPS) is 12.2. The summed E-state index contributed by atoms with van der Waals surface area (Å²) in [5, 5.41) is 0.554. The summed E-state index contributed by atoms with van der Waals surface area (Å²) in [6.45, 7) is 4.45. The monoisotopic (exact) mass is 437 g/mol. The lowest BCUT2D eigenvalue weighted by molar-refractivity contribution is -0.128. The standard InChI is InChI=1S/C28H27N3O2/c1-3-25(30(4-2)26(32)20-19-21-13-7-5-8-14-21)27-29-24-18-12-11-17-23(24)28(33)31(27)22-15-9-6-10-16-22/h5-20,25H,3-4H2,1-2H3/b20-19+. The van der Waals surface area contributed by atoms with Gasteiger partial charge in [0, 0.05) is 12.6 Å². The zero-order valence-corrected chi connectivity index (χ0v) is 18.9. The Morgan fingerprint density at radius 2 is 1.58 bits per heavy atom. The van der Waals surface area contributed by atoms with Crippen LogP contribution in [0.2, 0.25) is 0 Å². The van der Waals surface area contributed by atoms with E-state index in [1.54, 1.807) is 21.6 Å². The second kappa shape index (κ2) is 10.1. The highest BCUT2D eigenvalue weighted by Gasteiger charge is 2.27. The maximum atomic E-state index is 13.6. The van der Waals surface area contributed by atoms with E-state index in [1.165, 1.54) is 0 Å². The van der Waals surface area contributed by atoms with E-state index in [-0.39, 0.29) is 17.5 Å². The fourth-order valence-electron chi connectivity index (χ4n) is 4.10. The van der Waals surface area contributed by atoms with Gasteiger partial charge in [-0.1, -0.05) is 67.6 Å². The van der Waals surface area contributed by atoms with Crippen molar-refractivity contribution in [2.24, 2.45) is 0 Å². The topological polar surface area (TPSA) is 55.2 Å². The van der Waals surface area contributed by atoms with Gasteiger partial charge in [-0.3, -0.25) is 14.2 Å². The molecule has 0 N–H and O–H groups in total. The van der Waals surface area contributed by atoms with Gasteiger partial charge in [0.15, 0.2) is 0 Å². The predicted molar refractivity (Wildman–Crippen MR) is 133 cm³/mol. The van der Waals surface area contributed by atoms with E-state index in [4.69, 9.17) is 4.98 Å². The first-order valence-corrected chi connectivity index (χ1v) is 11.2. The molecule has 3 aromatic carbocycles. The maximum absolute atomic E-state index is 13.6. The average molecular weight is 438 g/mol. The van der Waals surface area contributed by atoms with Gasteiger partial charge in [-0.15, -0.1) is 0 Å². The minimum atomic E-state index is -0.361. The van der Waals surface area contributed by atoms with Crippen LogP contribution in [0.5, 0.6) is 0 Å². The number of carbonyl (C=O) groups excluding carboxylic acids is 1. The minimum Gasteiger partial charge on any atom is -0.329 e. The number of benzene rings is 3. The molecule has 0 saturated carbocycles. The largest absolute Gasteiger partial charge is 0.329 e. The van der Waals surface area contributed by atoms with Crippen LogP contribution in [0.1, 0.15) is 37.7 Å². The molecule has 33 heavy (non-hydrogen) atoms. The number of amides is 1. The SMILES string of the molecule is CCC(c1nc2ccccc2c(=O)n1-c1ccccc1)N(CC)C(=O)/C=C/c1ccccc1. The van der Waals surface area contributed by atoms with Crippen LogP contribution in [0, 0.1) is 0 Å². The van der Waals surface area contributed by atoms with Gasteiger partial charge in [0.05, 0.1) is 22.6 Å². The molecule has 4 aromatic rings. The van der Waals surface area contributed by atoms with Crippen molar-refractivity contribution < 1.29 is 4.79 Å². The lowest BCUT2D eigenvalue weighted by Gasteiger charge is -2.30. The van der Waals surface area contributed by atoms with Gasteiger partial charge in [0.25, 0.3) is 5.56 Å². The van der Waals surface area contributed by atoms with Crippen LogP contribution in [0.15, 0.2) is 95.8 Å². The summed E-state index contributed by atoms with van der Waals surface area (Å²) in [7, 11) is 0. The van der Waals surface area contributed by atoms with Crippen molar-refractivity contribution in [3.63, 3.8) is 0 Å². The quantitative estimate of drug-likeness (QED) is 0.364. The molecule has 0 aliphatic carbocycles. The molecule has 5 heteroatoms. The third kappa shape index (κ3) is 4.62. The number of nitrogens with zero attached hydrogens (tertiary/aromatic N) is 3. The molecule has 1 amide bonds. The number of para-hydroxylation sites is 2. The van der Waals surface area contributed by atoms with E-state index >= 15 is 0 Å². The molecule has 0 saturated heterocycles.